The van der Waals surface area contributed by atoms with Crippen LogP contribution in [0.4, 0.5) is 4.79 Å². The van der Waals surface area contributed by atoms with Crippen LogP contribution in [0.3, 0.4) is 0 Å². The first-order chi connectivity index (χ1) is 13.6. The number of aryl methyl sites for hydroxylation is 1. The molecule has 1 N–H and O–H groups in total. The Bertz CT molecular complexity index is 868. The third-order valence-corrected chi connectivity index (χ3v) is 4.43. The maximum Gasteiger partial charge on any atom is 0.335 e. The van der Waals surface area contributed by atoms with Crippen LogP contribution >= 0.6 is 0 Å². The standard InChI is InChI=1S/C21H21N3O4/c25-18(22-13-7-12-16-8-3-1-4-9-16)15-24-20(27)19(26)23(21(24)28)14-17-10-5-2-6-11-17/h1-6,8-11H,7,12-15H2,(H,22,25). The topological polar surface area (TPSA) is 86.8 Å². The van der Waals surface area contributed by atoms with Crippen molar-refractivity contribution in [3.05, 3.63) is 71.8 Å². The fourth-order valence-electron chi connectivity index (χ4n) is 2.96. The van der Waals surface area contributed by atoms with Crippen molar-refractivity contribution < 1.29 is 19.2 Å². The fraction of sp³-hybridized carbons (Fsp3) is 0.238. The average molecular weight is 379 g/mol. The van der Waals surface area contributed by atoms with Crippen LogP contribution in [-0.4, -0.2) is 46.6 Å². The maximum absolute atomic E-state index is 12.4. The summed E-state index contributed by atoms with van der Waals surface area (Å²) in [5.74, 6) is -2.35. The van der Waals surface area contributed by atoms with Gasteiger partial charge in [0.1, 0.15) is 6.54 Å². The lowest BCUT2D eigenvalue weighted by atomic mass is 10.1. The van der Waals surface area contributed by atoms with Crippen LogP contribution in [0.25, 0.3) is 0 Å². The van der Waals surface area contributed by atoms with Gasteiger partial charge in [-0.1, -0.05) is 60.7 Å². The molecule has 0 aliphatic carbocycles. The zero-order valence-corrected chi connectivity index (χ0v) is 15.3. The van der Waals surface area contributed by atoms with Crippen molar-refractivity contribution in [2.45, 2.75) is 19.4 Å². The lowest BCUT2D eigenvalue weighted by molar-refractivity contribution is -0.144. The molecule has 7 nitrogen and oxygen atoms in total. The highest BCUT2D eigenvalue weighted by atomic mass is 16.2. The van der Waals surface area contributed by atoms with Crippen molar-refractivity contribution in [1.82, 2.24) is 15.1 Å². The van der Waals surface area contributed by atoms with Crippen LogP contribution in [0.1, 0.15) is 17.5 Å². The van der Waals surface area contributed by atoms with Gasteiger partial charge in [-0.05, 0) is 24.0 Å². The Hall–Kier alpha value is -3.48. The van der Waals surface area contributed by atoms with Gasteiger partial charge in [-0.25, -0.2) is 9.69 Å². The Labute approximate surface area is 162 Å². The number of carbonyl (C=O) groups is 4. The second-order valence-corrected chi connectivity index (χ2v) is 6.49. The molecule has 1 aliphatic heterocycles. The summed E-state index contributed by atoms with van der Waals surface area (Å²) in [5.41, 5.74) is 1.90. The van der Waals surface area contributed by atoms with E-state index < -0.39 is 30.3 Å². The van der Waals surface area contributed by atoms with E-state index in [2.05, 4.69) is 5.32 Å². The summed E-state index contributed by atoms with van der Waals surface area (Å²) < 4.78 is 0. The van der Waals surface area contributed by atoms with E-state index in [1.165, 1.54) is 5.56 Å². The Balaban J connectivity index is 1.49. The molecule has 0 bridgehead atoms. The van der Waals surface area contributed by atoms with E-state index in [0.29, 0.717) is 11.4 Å². The van der Waals surface area contributed by atoms with E-state index >= 15 is 0 Å². The van der Waals surface area contributed by atoms with Crippen LogP contribution < -0.4 is 5.32 Å². The molecule has 0 atom stereocenters. The van der Waals surface area contributed by atoms with Crippen molar-refractivity contribution in [1.29, 1.82) is 0 Å². The summed E-state index contributed by atoms with van der Waals surface area (Å²) in [6, 6.07) is 18.0. The SMILES string of the molecule is O=C(CN1C(=O)C(=O)N(Cc2ccccc2)C1=O)NCCCc1ccccc1. The summed E-state index contributed by atoms with van der Waals surface area (Å²) in [5, 5.41) is 2.69. The number of carbonyl (C=O) groups excluding carboxylic acids is 4. The molecular weight excluding hydrogens is 358 g/mol. The van der Waals surface area contributed by atoms with Crippen LogP contribution in [0.2, 0.25) is 0 Å². The van der Waals surface area contributed by atoms with Crippen LogP contribution in [0.5, 0.6) is 0 Å². The predicted octanol–water partition coefficient (Wildman–Crippen LogP) is 1.73. The molecule has 0 aromatic heterocycles. The van der Waals surface area contributed by atoms with Crippen molar-refractivity contribution in [3.63, 3.8) is 0 Å². The van der Waals surface area contributed by atoms with E-state index in [1.807, 2.05) is 36.4 Å². The molecule has 5 amide bonds. The molecular formula is C21H21N3O4. The van der Waals surface area contributed by atoms with Gasteiger partial charge in [0.25, 0.3) is 0 Å². The van der Waals surface area contributed by atoms with Gasteiger partial charge in [-0.2, -0.15) is 0 Å². The minimum Gasteiger partial charge on any atom is -0.355 e. The smallest absolute Gasteiger partial charge is 0.335 e. The number of imide groups is 2. The first kappa shape index (κ1) is 19.3. The first-order valence-electron chi connectivity index (χ1n) is 9.08. The molecule has 0 saturated carbocycles. The minimum absolute atomic E-state index is 0.000554. The summed E-state index contributed by atoms with van der Waals surface area (Å²) >= 11 is 0. The van der Waals surface area contributed by atoms with Gasteiger partial charge >= 0.3 is 17.8 Å². The van der Waals surface area contributed by atoms with Gasteiger partial charge in [0.15, 0.2) is 0 Å². The largest absolute Gasteiger partial charge is 0.355 e. The van der Waals surface area contributed by atoms with E-state index in [9.17, 15) is 19.2 Å². The minimum atomic E-state index is -0.972. The normalized spacial score (nSPS) is 13.9. The highest BCUT2D eigenvalue weighted by Gasteiger charge is 2.45. The summed E-state index contributed by atoms with van der Waals surface area (Å²) in [6.07, 6.45) is 1.54. The number of rotatable bonds is 8. The van der Waals surface area contributed by atoms with E-state index in [-0.39, 0.29) is 6.54 Å². The lowest BCUT2D eigenvalue weighted by Crippen LogP contribution is -2.41. The van der Waals surface area contributed by atoms with Crippen LogP contribution in [0.15, 0.2) is 60.7 Å². The van der Waals surface area contributed by atoms with Crippen LogP contribution in [-0.2, 0) is 27.3 Å². The molecule has 1 aliphatic rings. The Kier molecular flexibility index (Phi) is 6.16. The molecule has 0 spiro atoms. The number of nitrogens with zero attached hydrogens (tertiary/aromatic N) is 2. The Morgan fingerprint density at radius 3 is 2.00 bits per heavy atom. The first-order valence-corrected chi connectivity index (χ1v) is 9.08. The zero-order chi connectivity index (χ0) is 19.9. The van der Waals surface area contributed by atoms with Gasteiger partial charge in [-0.3, -0.25) is 19.3 Å². The van der Waals surface area contributed by atoms with Crippen molar-refractivity contribution in [3.8, 4) is 0 Å². The Morgan fingerprint density at radius 2 is 1.36 bits per heavy atom. The fourth-order valence-corrected chi connectivity index (χ4v) is 2.96. The number of amides is 5. The molecule has 28 heavy (non-hydrogen) atoms. The second kappa shape index (κ2) is 8.94. The van der Waals surface area contributed by atoms with Gasteiger partial charge in [0.2, 0.25) is 5.91 Å². The molecule has 2 aromatic rings. The van der Waals surface area contributed by atoms with Crippen molar-refractivity contribution in [2.75, 3.05) is 13.1 Å². The number of hydrogen-bond donors (Lipinski definition) is 1. The van der Waals surface area contributed by atoms with Crippen LogP contribution in [0, 0.1) is 0 Å². The van der Waals surface area contributed by atoms with Gasteiger partial charge in [0.05, 0.1) is 6.54 Å². The molecule has 1 fully saturated rings. The molecule has 144 valence electrons. The third-order valence-electron chi connectivity index (χ3n) is 4.43. The highest BCUT2D eigenvalue weighted by Crippen LogP contribution is 2.15. The molecule has 1 heterocycles. The third kappa shape index (κ3) is 4.62. The maximum atomic E-state index is 12.4. The molecule has 2 aromatic carbocycles. The lowest BCUT2D eigenvalue weighted by Gasteiger charge is -2.15. The second-order valence-electron chi connectivity index (χ2n) is 6.49. The van der Waals surface area contributed by atoms with Gasteiger partial charge < -0.3 is 5.32 Å². The van der Waals surface area contributed by atoms with Gasteiger partial charge in [-0.15, -0.1) is 0 Å². The van der Waals surface area contributed by atoms with E-state index in [1.54, 1.807) is 24.3 Å². The summed E-state index contributed by atoms with van der Waals surface area (Å²) in [6.45, 7) is -0.0366. The Morgan fingerprint density at radius 1 is 0.786 bits per heavy atom. The number of nitrogens with one attached hydrogen (secondary N) is 1. The quantitative estimate of drug-likeness (QED) is 0.430. The number of urea groups is 1. The molecule has 0 unspecified atom stereocenters. The molecule has 0 radical (unpaired) electrons. The monoisotopic (exact) mass is 379 g/mol. The number of hydrogen-bond acceptors (Lipinski definition) is 4. The highest BCUT2D eigenvalue weighted by molar-refractivity contribution is 6.44. The summed E-state index contributed by atoms with van der Waals surface area (Å²) in [4.78, 5) is 50.3. The van der Waals surface area contributed by atoms with Crippen molar-refractivity contribution >= 4 is 23.8 Å². The van der Waals surface area contributed by atoms with E-state index in [0.717, 1.165) is 23.3 Å². The predicted molar refractivity (Wildman–Crippen MR) is 102 cm³/mol. The van der Waals surface area contributed by atoms with Crippen molar-refractivity contribution in [2.24, 2.45) is 0 Å². The summed E-state index contributed by atoms with van der Waals surface area (Å²) in [7, 11) is 0. The molecule has 1 saturated heterocycles. The zero-order valence-electron chi connectivity index (χ0n) is 15.3. The van der Waals surface area contributed by atoms with Gasteiger partial charge in [0, 0.05) is 6.54 Å². The number of benzene rings is 2. The molecule has 7 heteroatoms. The molecule has 3 rings (SSSR count). The average Bonchev–Trinajstić information content (AvgIpc) is 2.91. The van der Waals surface area contributed by atoms with E-state index in [4.69, 9.17) is 0 Å².